The molecule has 2 heterocycles. The number of anilines is 1. The first kappa shape index (κ1) is 15.8. The summed E-state index contributed by atoms with van der Waals surface area (Å²) in [5.74, 6) is 0.859. The minimum absolute atomic E-state index is 0.567. The molecule has 1 aromatic heterocycles. The fourth-order valence-electron chi connectivity index (χ4n) is 4.04. The zero-order valence-corrected chi connectivity index (χ0v) is 14.8. The molecule has 1 saturated carbocycles. The molecule has 0 amide bonds. The molecule has 1 atom stereocenters. The molecule has 5 nitrogen and oxygen atoms in total. The molecule has 2 aromatic rings. The van der Waals surface area contributed by atoms with Crippen LogP contribution in [0.2, 0.25) is 0 Å². The van der Waals surface area contributed by atoms with Crippen molar-refractivity contribution in [2.24, 2.45) is 5.41 Å². The van der Waals surface area contributed by atoms with Crippen molar-refractivity contribution in [2.75, 3.05) is 18.0 Å². The van der Waals surface area contributed by atoms with Gasteiger partial charge in [0.25, 0.3) is 0 Å². The Balaban J connectivity index is 1.50. The summed E-state index contributed by atoms with van der Waals surface area (Å²) in [6.07, 6.45) is 5.29. The number of aromatic nitrogens is 2. The van der Waals surface area contributed by atoms with E-state index in [1.807, 2.05) is 24.3 Å². The van der Waals surface area contributed by atoms with Crippen LogP contribution in [0.25, 0.3) is 11.3 Å². The van der Waals surface area contributed by atoms with Gasteiger partial charge in [-0.25, -0.2) is 9.97 Å². The Morgan fingerprint density at radius 1 is 1.08 bits per heavy atom. The van der Waals surface area contributed by atoms with E-state index in [4.69, 9.17) is 9.97 Å². The van der Waals surface area contributed by atoms with Crippen molar-refractivity contribution < 1.29 is 5.11 Å². The smallest absolute Gasteiger partial charge is 0.226 e. The number of aliphatic hydroxyl groups is 1. The Bertz CT molecular complexity index is 891. The van der Waals surface area contributed by atoms with Crippen molar-refractivity contribution in [3.63, 3.8) is 0 Å². The van der Waals surface area contributed by atoms with Gasteiger partial charge >= 0.3 is 0 Å². The molecule has 2 aliphatic carbocycles. The molecule has 2 fully saturated rings. The van der Waals surface area contributed by atoms with Gasteiger partial charge in [0.2, 0.25) is 5.95 Å². The van der Waals surface area contributed by atoms with E-state index in [-0.39, 0.29) is 0 Å². The van der Waals surface area contributed by atoms with Crippen molar-refractivity contribution >= 4 is 5.95 Å². The van der Waals surface area contributed by atoms with E-state index in [9.17, 15) is 10.4 Å². The highest BCUT2D eigenvalue weighted by Gasteiger charge is 2.50. The molecule has 5 rings (SSSR count). The molecule has 26 heavy (non-hydrogen) atoms. The van der Waals surface area contributed by atoms with E-state index in [0.717, 1.165) is 68.0 Å². The van der Waals surface area contributed by atoms with Gasteiger partial charge in [0.05, 0.1) is 23.3 Å². The highest BCUT2D eigenvalue weighted by molar-refractivity contribution is 5.67. The van der Waals surface area contributed by atoms with Gasteiger partial charge in [-0.1, -0.05) is 24.3 Å². The van der Waals surface area contributed by atoms with Gasteiger partial charge < -0.3 is 10.0 Å². The Kier molecular flexibility index (Phi) is 3.51. The third-order valence-corrected chi connectivity index (χ3v) is 6.09. The largest absolute Gasteiger partial charge is 0.387 e. The molecule has 0 spiro atoms. The number of hydrogen-bond acceptors (Lipinski definition) is 5. The average Bonchev–Trinajstić information content (AvgIpc) is 3.29. The van der Waals surface area contributed by atoms with Crippen molar-refractivity contribution in [3.8, 4) is 17.3 Å². The van der Waals surface area contributed by atoms with Crippen molar-refractivity contribution in [2.45, 2.75) is 44.6 Å². The molecular weight excluding hydrogens is 324 g/mol. The van der Waals surface area contributed by atoms with Gasteiger partial charge in [-0.15, -0.1) is 0 Å². The maximum Gasteiger partial charge on any atom is 0.226 e. The summed E-state index contributed by atoms with van der Waals surface area (Å²) in [7, 11) is 0. The SMILES string of the molecule is N#CC1(C(O)c2ccc(-c3nc(N4CCC4)nc4c3CCC4)cc2)CC1. The third kappa shape index (κ3) is 2.40. The Morgan fingerprint density at radius 2 is 1.85 bits per heavy atom. The minimum atomic E-state index is -0.700. The number of fused-ring (bicyclic) bond motifs is 1. The highest BCUT2D eigenvalue weighted by Crippen LogP contribution is 2.54. The maximum atomic E-state index is 10.5. The molecule has 0 radical (unpaired) electrons. The van der Waals surface area contributed by atoms with Crippen LogP contribution in [0.15, 0.2) is 24.3 Å². The van der Waals surface area contributed by atoms with Crippen LogP contribution < -0.4 is 4.90 Å². The van der Waals surface area contributed by atoms with E-state index in [1.54, 1.807) is 0 Å². The van der Waals surface area contributed by atoms with Crippen LogP contribution in [-0.2, 0) is 12.8 Å². The van der Waals surface area contributed by atoms with Crippen LogP contribution >= 0.6 is 0 Å². The standard InChI is InChI=1S/C21H22N4O/c22-13-21(9-10-21)19(26)15-7-5-14(6-8-15)18-16-3-1-4-17(16)23-20(24-18)25-11-2-12-25/h5-8,19,26H,1-4,9-12H2. The lowest BCUT2D eigenvalue weighted by atomic mass is 9.93. The number of aliphatic hydroxyl groups excluding tert-OH is 1. The Labute approximate surface area is 153 Å². The fraction of sp³-hybridized carbons (Fsp3) is 0.476. The van der Waals surface area contributed by atoms with E-state index in [0.29, 0.717) is 0 Å². The molecule has 1 aromatic carbocycles. The second-order valence-corrected chi connectivity index (χ2v) is 7.78. The van der Waals surface area contributed by atoms with Gasteiger partial charge in [0.1, 0.15) is 0 Å². The van der Waals surface area contributed by atoms with Crippen molar-refractivity contribution in [1.29, 1.82) is 5.26 Å². The summed E-state index contributed by atoms with van der Waals surface area (Å²) in [4.78, 5) is 11.9. The molecule has 1 saturated heterocycles. The molecule has 5 heteroatoms. The van der Waals surface area contributed by atoms with E-state index in [2.05, 4.69) is 11.0 Å². The Hall–Kier alpha value is -2.45. The summed E-state index contributed by atoms with van der Waals surface area (Å²) in [6.45, 7) is 2.08. The van der Waals surface area contributed by atoms with Crippen LogP contribution in [0.5, 0.6) is 0 Å². The topological polar surface area (TPSA) is 73.0 Å². The van der Waals surface area contributed by atoms with E-state index in [1.165, 1.54) is 17.7 Å². The second kappa shape index (κ2) is 5.78. The molecule has 1 aliphatic heterocycles. The van der Waals surface area contributed by atoms with Gasteiger partial charge in [0, 0.05) is 29.9 Å². The summed E-state index contributed by atoms with van der Waals surface area (Å²) in [5, 5.41) is 19.8. The zero-order valence-electron chi connectivity index (χ0n) is 14.8. The maximum absolute atomic E-state index is 10.5. The minimum Gasteiger partial charge on any atom is -0.387 e. The van der Waals surface area contributed by atoms with Crippen LogP contribution in [0.4, 0.5) is 5.95 Å². The summed E-state index contributed by atoms with van der Waals surface area (Å²) < 4.78 is 0. The summed E-state index contributed by atoms with van der Waals surface area (Å²) in [5.41, 5.74) is 4.84. The zero-order chi connectivity index (χ0) is 17.7. The quantitative estimate of drug-likeness (QED) is 0.920. The third-order valence-electron chi connectivity index (χ3n) is 6.09. The first-order valence-corrected chi connectivity index (χ1v) is 9.55. The number of hydrogen-bond donors (Lipinski definition) is 1. The normalized spacial score (nSPS) is 20.8. The number of rotatable bonds is 4. The molecule has 0 bridgehead atoms. The number of nitrogens with zero attached hydrogens (tertiary/aromatic N) is 4. The first-order chi connectivity index (χ1) is 12.7. The lowest BCUT2D eigenvalue weighted by molar-refractivity contribution is 0.123. The molecule has 132 valence electrons. The van der Waals surface area contributed by atoms with Crippen LogP contribution in [-0.4, -0.2) is 28.2 Å². The first-order valence-electron chi connectivity index (χ1n) is 9.55. The van der Waals surface area contributed by atoms with Gasteiger partial charge in [-0.3, -0.25) is 0 Å². The van der Waals surface area contributed by atoms with Gasteiger partial charge in [0.15, 0.2) is 0 Å². The fourth-order valence-corrected chi connectivity index (χ4v) is 4.04. The average molecular weight is 346 g/mol. The van der Waals surface area contributed by atoms with E-state index >= 15 is 0 Å². The van der Waals surface area contributed by atoms with Crippen LogP contribution in [0.3, 0.4) is 0 Å². The van der Waals surface area contributed by atoms with Gasteiger partial charge in [-0.2, -0.15) is 5.26 Å². The van der Waals surface area contributed by atoms with Crippen LogP contribution in [0.1, 0.15) is 48.6 Å². The molecule has 1 N–H and O–H groups in total. The number of aryl methyl sites for hydroxylation is 1. The van der Waals surface area contributed by atoms with E-state index < -0.39 is 11.5 Å². The van der Waals surface area contributed by atoms with Crippen molar-refractivity contribution in [3.05, 3.63) is 41.1 Å². The predicted octanol–water partition coefficient (Wildman–Crippen LogP) is 3.18. The van der Waals surface area contributed by atoms with Crippen molar-refractivity contribution in [1.82, 2.24) is 9.97 Å². The Morgan fingerprint density at radius 3 is 2.46 bits per heavy atom. The number of benzene rings is 1. The highest BCUT2D eigenvalue weighted by atomic mass is 16.3. The second-order valence-electron chi connectivity index (χ2n) is 7.78. The predicted molar refractivity (Wildman–Crippen MR) is 98.6 cm³/mol. The molecule has 3 aliphatic rings. The number of nitriles is 1. The molecule has 1 unspecified atom stereocenters. The lowest BCUT2D eigenvalue weighted by Crippen LogP contribution is -2.38. The summed E-state index contributed by atoms with van der Waals surface area (Å²) >= 11 is 0. The van der Waals surface area contributed by atoms with Gasteiger partial charge in [-0.05, 0) is 44.1 Å². The summed E-state index contributed by atoms with van der Waals surface area (Å²) in [6, 6.07) is 10.3. The lowest BCUT2D eigenvalue weighted by Gasteiger charge is -2.31. The monoisotopic (exact) mass is 346 g/mol. The molecular formula is C21H22N4O. The van der Waals surface area contributed by atoms with Crippen LogP contribution in [0, 0.1) is 16.7 Å².